The lowest BCUT2D eigenvalue weighted by molar-refractivity contribution is -0.131. The molecule has 1 aliphatic rings. The molecule has 2 aromatic rings. The number of thioether (sulfide) groups is 1. The van der Waals surface area contributed by atoms with Crippen molar-refractivity contribution in [1.82, 2.24) is 14.9 Å². The fourth-order valence-corrected chi connectivity index (χ4v) is 6.50. The molecular weight excluding hydrogens is 394 g/mol. The minimum absolute atomic E-state index is 0.0453. The van der Waals surface area contributed by atoms with E-state index >= 15 is 0 Å². The molecule has 2 unspecified atom stereocenters. The van der Waals surface area contributed by atoms with Gasteiger partial charge in [0.1, 0.15) is 5.82 Å². The molecular formula is C20H27N3O3S2. The summed E-state index contributed by atoms with van der Waals surface area (Å²) in [5, 5.41) is -0.353. The lowest BCUT2D eigenvalue weighted by Gasteiger charge is -2.33. The number of hydrogen-bond donors (Lipinski definition) is 1. The predicted octanol–water partition coefficient (Wildman–Crippen LogP) is 3.48. The first-order valence-corrected chi connectivity index (χ1v) is 12.2. The number of hydrogen-bond acceptors (Lipinski definition) is 5. The van der Waals surface area contributed by atoms with Gasteiger partial charge in [-0.15, -0.1) is 11.8 Å². The van der Waals surface area contributed by atoms with Crippen LogP contribution in [0.3, 0.4) is 0 Å². The van der Waals surface area contributed by atoms with Crippen LogP contribution >= 0.6 is 11.8 Å². The Labute approximate surface area is 171 Å². The zero-order valence-electron chi connectivity index (χ0n) is 16.3. The number of imidazole rings is 1. The molecule has 1 N–H and O–H groups in total. The summed E-state index contributed by atoms with van der Waals surface area (Å²) in [6, 6.07) is 6.98. The number of rotatable bonds is 7. The number of benzene rings is 1. The molecule has 1 amide bonds. The summed E-state index contributed by atoms with van der Waals surface area (Å²) in [6.45, 7) is 5.09. The average molecular weight is 422 g/mol. The molecule has 0 radical (unpaired) electrons. The average Bonchev–Trinajstić information content (AvgIpc) is 3.22. The van der Waals surface area contributed by atoms with Crippen LogP contribution in [0.1, 0.15) is 44.9 Å². The van der Waals surface area contributed by atoms with Crippen LogP contribution in [0.2, 0.25) is 0 Å². The highest BCUT2D eigenvalue weighted by molar-refractivity contribution is 8.01. The Morgan fingerprint density at radius 2 is 2.18 bits per heavy atom. The summed E-state index contributed by atoms with van der Waals surface area (Å²) >= 11 is 1.33. The second-order valence-electron chi connectivity index (χ2n) is 7.12. The van der Waals surface area contributed by atoms with Crippen molar-refractivity contribution in [2.45, 2.75) is 54.1 Å². The van der Waals surface area contributed by atoms with E-state index in [0.29, 0.717) is 22.8 Å². The third kappa shape index (κ3) is 4.78. The zero-order valence-corrected chi connectivity index (χ0v) is 17.9. The van der Waals surface area contributed by atoms with Crippen LogP contribution in [0, 0.1) is 0 Å². The number of amides is 1. The fraction of sp³-hybridized carbons (Fsp3) is 0.500. The summed E-state index contributed by atoms with van der Waals surface area (Å²) in [4.78, 5) is 23.4. The van der Waals surface area contributed by atoms with Gasteiger partial charge in [0.25, 0.3) is 0 Å². The maximum atomic E-state index is 13.0. The number of nitrogens with one attached hydrogen (secondary N) is 1. The van der Waals surface area contributed by atoms with E-state index in [1.165, 1.54) is 11.8 Å². The monoisotopic (exact) mass is 421 g/mol. The van der Waals surface area contributed by atoms with E-state index in [4.69, 9.17) is 0 Å². The van der Waals surface area contributed by atoms with E-state index in [2.05, 4.69) is 9.97 Å². The number of sulfone groups is 1. The minimum atomic E-state index is -3.33. The molecule has 28 heavy (non-hydrogen) atoms. The van der Waals surface area contributed by atoms with Crippen LogP contribution in [-0.2, 0) is 14.6 Å². The molecule has 8 heteroatoms. The van der Waals surface area contributed by atoms with Crippen molar-refractivity contribution in [3.63, 3.8) is 0 Å². The van der Waals surface area contributed by atoms with Gasteiger partial charge in [-0.05, 0) is 38.3 Å². The van der Waals surface area contributed by atoms with Gasteiger partial charge in [0.15, 0.2) is 9.84 Å². The third-order valence-electron chi connectivity index (χ3n) is 4.95. The highest BCUT2D eigenvalue weighted by atomic mass is 32.2. The van der Waals surface area contributed by atoms with E-state index in [0.717, 1.165) is 25.2 Å². The number of piperidine rings is 1. The number of aromatic nitrogens is 2. The summed E-state index contributed by atoms with van der Waals surface area (Å²) in [5.41, 5.74) is 0. The number of aromatic amines is 1. The van der Waals surface area contributed by atoms with Crippen LogP contribution in [0.15, 0.2) is 46.5 Å². The van der Waals surface area contributed by atoms with Gasteiger partial charge in [0.05, 0.1) is 15.9 Å². The van der Waals surface area contributed by atoms with Crippen molar-refractivity contribution in [3.8, 4) is 0 Å². The normalized spacial score (nSPS) is 18.8. The molecule has 0 spiro atoms. The van der Waals surface area contributed by atoms with Gasteiger partial charge in [0, 0.05) is 36.3 Å². The predicted molar refractivity (Wildman–Crippen MR) is 111 cm³/mol. The smallest absolute Gasteiger partial charge is 0.235 e. The maximum Gasteiger partial charge on any atom is 0.235 e. The van der Waals surface area contributed by atoms with E-state index in [-0.39, 0.29) is 22.8 Å². The third-order valence-corrected chi connectivity index (χ3v) is 8.21. The second-order valence-corrected chi connectivity index (χ2v) is 10.6. The zero-order chi connectivity index (χ0) is 20.1. The lowest BCUT2D eigenvalue weighted by atomic mass is 9.97. The highest BCUT2D eigenvalue weighted by Gasteiger charge is 2.30. The number of nitrogens with zero attached hydrogens (tertiary/aromatic N) is 2. The molecule has 152 valence electrons. The molecule has 0 aliphatic carbocycles. The van der Waals surface area contributed by atoms with Gasteiger partial charge in [0.2, 0.25) is 5.91 Å². The molecule has 1 aliphatic heterocycles. The van der Waals surface area contributed by atoms with Crippen molar-refractivity contribution in [1.29, 1.82) is 0 Å². The van der Waals surface area contributed by atoms with Crippen LogP contribution in [0.25, 0.3) is 0 Å². The van der Waals surface area contributed by atoms with Crippen molar-refractivity contribution >= 4 is 27.5 Å². The van der Waals surface area contributed by atoms with Crippen molar-refractivity contribution in [3.05, 3.63) is 42.5 Å². The standard InChI is InChI=1S/C20H27N3O3S2/c1-3-13-28(25,26)18-9-5-4-8-17(18)27-15(2)20(24)23-12-6-7-16(14-23)19-21-10-11-22-19/h4-5,8-11,15-16H,3,6-7,12-14H2,1-2H3,(H,21,22). The Bertz CT molecular complexity index is 897. The SMILES string of the molecule is CCCS(=O)(=O)c1ccccc1SC(C)C(=O)N1CCCC(c2ncc[nH]2)C1. The first-order valence-electron chi connectivity index (χ1n) is 9.69. The molecule has 0 bridgehead atoms. The van der Waals surface area contributed by atoms with Crippen LogP contribution in [0.4, 0.5) is 0 Å². The number of carbonyl (C=O) groups is 1. The molecule has 6 nitrogen and oxygen atoms in total. The Morgan fingerprint density at radius 1 is 1.39 bits per heavy atom. The Hall–Kier alpha value is -1.80. The van der Waals surface area contributed by atoms with E-state index in [1.807, 2.05) is 31.0 Å². The molecule has 3 rings (SSSR count). The molecule has 1 aromatic carbocycles. The maximum absolute atomic E-state index is 13.0. The van der Waals surface area contributed by atoms with Gasteiger partial charge in [-0.3, -0.25) is 4.79 Å². The Balaban J connectivity index is 1.71. The van der Waals surface area contributed by atoms with Gasteiger partial charge in [-0.1, -0.05) is 19.1 Å². The fourth-order valence-electron chi connectivity index (χ4n) is 3.58. The summed E-state index contributed by atoms with van der Waals surface area (Å²) in [6.07, 6.45) is 6.06. The van der Waals surface area contributed by atoms with Crippen LogP contribution < -0.4 is 0 Å². The van der Waals surface area contributed by atoms with Crippen LogP contribution in [0.5, 0.6) is 0 Å². The van der Waals surface area contributed by atoms with Crippen LogP contribution in [-0.4, -0.2) is 53.3 Å². The van der Waals surface area contributed by atoms with E-state index in [1.54, 1.807) is 24.4 Å². The number of H-pyrrole nitrogens is 1. The molecule has 1 aromatic heterocycles. The molecule has 2 heterocycles. The van der Waals surface area contributed by atoms with Gasteiger partial charge in [-0.2, -0.15) is 0 Å². The largest absolute Gasteiger partial charge is 0.348 e. The minimum Gasteiger partial charge on any atom is -0.348 e. The summed E-state index contributed by atoms with van der Waals surface area (Å²) in [5.74, 6) is 1.31. The summed E-state index contributed by atoms with van der Waals surface area (Å²) in [7, 11) is -3.33. The van der Waals surface area contributed by atoms with Gasteiger partial charge in [-0.25, -0.2) is 13.4 Å². The Kier molecular flexibility index (Phi) is 6.82. The van der Waals surface area contributed by atoms with E-state index < -0.39 is 9.84 Å². The summed E-state index contributed by atoms with van der Waals surface area (Å²) < 4.78 is 25.1. The van der Waals surface area contributed by atoms with Gasteiger partial charge >= 0.3 is 0 Å². The number of likely N-dealkylation sites (tertiary alicyclic amines) is 1. The highest BCUT2D eigenvalue weighted by Crippen LogP contribution is 2.33. The van der Waals surface area contributed by atoms with Gasteiger partial charge < -0.3 is 9.88 Å². The quantitative estimate of drug-likeness (QED) is 0.692. The first-order chi connectivity index (χ1) is 13.4. The Morgan fingerprint density at radius 3 is 2.89 bits per heavy atom. The van der Waals surface area contributed by atoms with Crippen molar-refractivity contribution < 1.29 is 13.2 Å². The molecule has 0 saturated carbocycles. The first kappa shape index (κ1) is 20.9. The lowest BCUT2D eigenvalue weighted by Crippen LogP contribution is -2.43. The van der Waals surface area contributed by atoms with Crippen molar-refractivity contribution in [2.75, 3.05) is 18.8 Å². The topological polar surface area (TPSA) is 83.1 Å². The second kappa shape index (κ2) is 9.13. The van der Waals surface area contributed by atoms with Crippen molar-refractivity contribution in [2.24, 2.45) is 0 Å². The molecule has 2 atom stereocenters. The molecule has 1 saturated heterocycles. The van der Waals surface area contributed by atoms with E-state index in [9.17, 15) is 13.2 Å². The molecule has 1 fully saturated rings. The number of carbonyl (C=O) groups excluding carboxylic acids is 1.